The molecule has 0 saturated carbocycles. The van der Waals surface area contributed by atoms with Gasteiger partial charge in [0, 0.05) is 30.9 Å². The number of para-hydroxylation sites is 1. The largest absolute Gasteiger partial charge is 0.465 e. The summed E-state index contributed by atoms with van der Waals surface area (Å²) >= 11 is 0. The number of piperidine rings is 1. The first kappa shape index (κ1) is 19.9. The van der Waals surface area contributed by atoms with E-state index in [9.17, 15) is 9.90 Å². The van der Waals surface area contributed by atoms with Crippen LogP contribution in [0.3, 0.4) is 0 Å². The highest BCUT2D eigenvalue weighted by Crippen LogP contribution is 2.37. The molecule has 1 fully saturated rings. The lowest BCUT2D eigenvalue weighted by molar-refractivity contribution is 0.126. The molecule has 162 valence electrons. The van der Waals surface area contributed by atoms with Crippen LogP contribution < -0.4 is 10.5 Å². The predicted molar refractivity (Wildman–Crippen MR) is 122 cm³/mol. The molecule has 32 heavy (non-hydrogen) atoms. The molecule has 0 atom stereocenters. The van der Waals surface area contributed by atoms with Crippen LogP contribution in [0.1, 0.15) is 18.9 Å². The summed E-state index contributed by atoms with van der Waals surface area (Å²) in [6, 6.07) is 17.6. The maximum atomic E-state index is 11.3. The van der Waals surface area contributed by atoms with E-state index in [0.29, 0.717) is 18.9 Å². The van der Waals surface area contributed by atoms with Crippen molar-refractivity contribution in [2.45, 2.75) is 18.9 Å². The summed E-state index contributed by atoms with van der Waals surface area (Å²) in [7, 11) is 0. The van der Waals surface area contributed by atoms with Crippen molar-refractivity contribution in [3.05, 3.63) is 67.1 Å². The van der Waals surface area contributed by atoms with E-state index in [0.717, 1.165) is 46.5 Å². The molecule has 1 saturated heterocycles. The van der Waals surface area contributed by atoms with Crippen molar-refractivity contribution in [1.29, 1.82) is 0 Å². The van der Waals surface area contributed by atoms with Gasteiger partial charge < -0.3 is 25.0 Å². The molecule has 0 spiro atoms. The molecule has 0 radical (unpaired) electrons. The van der Waals surface area contributed by atoms with Gasteiger partial charge in [-0.2, -0.15) is 0 Å². The Morgan fingerprint density at radius 3 is 2.38 bits per heavy atom. The summed E-state index contributed by atoms with van der Waals surface area (Å²) in [6.07, 6.45) is 4.11. The highest BCUT2D eigenvalue weighted by Gasteiger charge is 2.26. The molecule has 3 heterocycles. The normalized spacial score (nSPS) is 14.6. The lowest BCUT2D eigenvalue weighted by Gasteiger charge is -2.31. The number of hydrogen-bond donors (Lipinski definition) is 2. The van der Waals surface area contributed by atoms with E-state index >= 15 is 0 Å². The number of fused-ring (bicyclic) bond motifs is 1. The van der Waals surface area contributed by atoms with Crippen LogP contribution in [0.25, 0.3) is 22.2 Å². The first-order chi connectivity index (χ1) is 15.6. The lowest BCUT2D eigenvalue weighted by Crippen LogP contribution is -2.38. The average Bonchev–Trinajstić information content (AvgIpc) is 3.21. The molecule has 2 aromatic carbocycles. The monoisotopic (exact) mass is 429 g/mol. The fraction of sp³-hybridized carbons (Fsp3) is 0.208. The van der Waals surface area contributed by atoms with Crippen molar-refractivity contribution in [3.63, 3.8) is 0 Å². The van der Waals surface area contributed by atoms with Crippen LogP contribution in [0.5, 0.6) is 11.5 Å². The first-order valence-corrected chi connectivity index (χ1v) is 10.5. The minimum atomic E-state index is -0.870. The van der Waals surface area contributed by atoms with Gasteiger partial charge in [0.15, 0.2) is 0 Å². The predicted octanol–water partition coefficient (Wildman–Crippen LogP) is 4.79. The highest BCUT2D eigenvalue weighted by molar-refractivity contribution is 6.00. The van der Waals surface area contributed by atoms with Gasteiger partial charge in [-0.25, -0.2) is 14.8 Å². The number of amides is 1. The number of benzene rings is 2. The van der Waals surface area contributed by atoms with Crippen molar-refractivity contribution < 1.29 is 14.6 Å². The topological polar surface area (TPSA) is 107 Å². The van der Waals surface area contributed by atoms with Crippen molar-refractivity contribution in [2.24, 2.45) is 0 Å². The smallest absolute Gasteiger partial charge is 0.407 e. The van der Waals surface area contributed by atoms with Crippen LogP contribution in [0.4, 0.5) is 10.6 Å². The number of nitrogens with zero attached hydrogens (tertiary/aromatic N) is 4. The number of nitrogen functional groups attached to an aromatic ring is 1. The van der Waals surface area contributed by atoms with E-state index in [4.69, 9.17) is 10.5 Å². The van der Waals surface area contributed by atoms with Crippen LogP contribution in [-0.2, 0) is 0 Å². The third-order valence-corrected chi connectivity index (χ3v) is 5.91. The third kappa shape index (κ3) is 3.71. The fourth-order valence-corrected chi connectivity index (χ4v) is 4.27. The molecule has 8 nitrogen and oxygen atoms in total. The van der Waals surface area contributed by atoms with Crippen molar-refractivity contribution in [1.82, 2.24) is 19.4 Å². The van der Waals surface area contributed by atoms with Crippen LogP contribution in [0, 0.1) is 0 Å². The van der Waals surface area contributed by atoms with Crippen molar-refractivity contribution in [2.75, 3.05) is 18.8 Å². The Balaban J connectivity index is 1.47. The highest BCUT2D eigenvalue weighted by atomic mass is 16.5. The summed E-state index contributed by atoms with van der Waals surface area (Å²) in [4.78, 5) is 21.4. The van der Waals surface area contributed by atoms with Gasteiger partial charge in [-0.15, -0.1) is 0 Å². The summed E-state index contributed by atoms with van der Waals surface area (Å²) < 4.78 is 8.02. The van der Waals surface area contributed by atoms with Gasteiger partial charge in [0.05, 0.1) is 5.39 Å². The summed E-state index contributed by atoms with van der Waals surface area (Å²) in [6.45, 7) is 1.00. The standard InChI is InChI=1S/C24H23N5O3/c25-22-21-20(16-6-8-19(9-7-16)32-18-4-2-1-3-5-18)14-29(23(21)27-15-26-22)17-10-12-28(13-11-17)24(30)31/h1-9,14-15,17H,10-13H2,(H,30,31)(H2,25,26,27). The van der Waals surface area contributed by atoms with E-state index in [2.05, 4.69) is 20.7 Å². The third-order valence-electron chi connectivity index (χ3n) is 5.91. The molecule has 4 aromatic rings. The molecule has 1 aliphatic rings. The number of rotatable bonds is 4. The quantitative estimate of drug-likeness (QED) is 0.483. The lowest BCUT2D eigenvalue weighted by atomic mass is 10.1. The number of carboxylic acid groups (broad SMARTS) is 1. The number of likely N-dealkylation sites (tertiary alicyclic amines) is 1. The Bertz CT molecular complexity index is 1250. The first-order valence-electron chi connectivity index (χ1n) is 10.5. The Hall–Kier alpha value is -4.07. The fourth-order valence-electron chi connectivity index (χ4n) is 4.27. The van der Waals surface area contributed by atoms with Crippen molar-refractivity contribution in [3.8, 4) is 22.6 Å². The SMILES string of the molecule is Nc1ncnc2c1c(-c1ccc(Oc3ccccc3)cc1)cn2C1CCN(C(=O)O)CC1. The second-order valence-electron chi connectivity index (χ2n) is 7.85. The summed E-state index contributed by atoms with van der Waals surface area (Å²) in [5, 5.41) is 10.1. The summed E-state index contributed by atoms with van der Waals surface area (Å²) in [5.74, 6) is 1.95. The Morgan fingerprint density at radius 2 is 1.69 bits per heavy atom. The molecule has 0 unspecified atom stereocenters. The van der Waals surface area contributed by atoms with Gasteiger partial charge in [0.25, 0.3) is 0 Å². The van der Waals surface area contributed by atoms with Crippen LogP contribution in [0.2, 0.25) is 0 Å². The van der Waals surface area contributed by atoms with E-state index in [1.165, 1.54) is 11.2 Å². The Labute approximate surface area is 184 Å². The Kier molecular flexibility index (Phi) is 5.10. The van der Waals surface area contributed by atoms with Crippen LogP contribution in [0.15, 0.2) is 67.1 Å². The van der Waals surface area contributed by atoms with Gasteiger partial charge >= 0.3 is 6.09 Å². The average molecular weight is 429 g/mol. The number of anilines is 1. The van der Waals surface area contributed by atoms with Crippen molar-refractivity contribution >= 4 is 22.9 Å². The van der Waals surface area contributed by atoms with Gasteiger partial charge in [-0.3, -0.25) is 0 Å². The van der Waals surface area contributed by atoms with E-state index in [1.807, 2.05) is 54.6 Å². The number of aromatic nitrogens is 3. The van der Waals surface area contributed by atoms with Gasteiger partial charge in [0.1, 0.15) is 29.3 Å². The molecule has 8 heteroatoms. The van der Waals surface area contributed by atoms with Gasteiger partial charge in [-0.05, 0) is 42.7 Å². The molecule has 1 aliphatic heterocycles. The molecule has 2 aromatic heterocycles. The second kappa shape index (κ2) is 8.22. The maximum absolute atomic E-state index is 11.3. The number of carbonyl (C=O) groups is 1. The Morgan fingerprint density at radius 1 is 1.00 bits per heavy atom. The van der Waals surface area contributed by atoms with E-state index < -0.39 is 6.09 Å². The minimum absolute atomic E-state index is 0.150. The molecular formula is C24H23N5O3. The molecule has 5 rings (SSSR count). The van der Waals surface area contributed by atoms with Gasteiger partial charge in [0.2, 0.25) is 0 Å². The number of nitrogens with two attached hydrogens (primary N) is 1. The van der Waals surface area contributed by atoms with Crippen LogP contribution in [-0.4, -0.2) is 43.7 Å². The van der Waals surface area contributed by atoms with Gasteiger partial charge in [-0.1, -0.05) is 30.3 Å². The molecule has 0 aliphatic carbocycles. The zero-order valence-electron chi connectivity index (χ0n) is 17.4. The van der Waals surface area contributed by atoms with E-state index in [-0.39, 0.29) is 6.04 Å². The molecule has 3 N–H and O–H groups in total. The molecule has 1 amide bonds. The van der Waals surface area contributed by atoms with Crippen LogP contribution >= 0.6 is 0 Å². The zero-order chi connectivity index (χ0) is 22.1. The second-order valence-corrected chi connectivity index (χ2v) is 7.85. The maximum Gasteiger partial charge on any atom is 0.407 e. The van der Waals surface area contributed by atoms with E-state index in [1.54, 1.807) is 0 Å². The number of ether oxygens (including phenoxy) is 1. The zero-order valence-corrected chi connectivity index (χ0v) is 17.4. The minimum Gasteiger partial charge on any atom is -0.465 e. The number of hydrogen-bond acceptors (Lipinski definition) is 5. The molecular weight excluding hydrogens is 406 g/mol. The molecule has 0 bridgehead atoms. The summed E-state index contributed by atoms with van der Waals surface area (Å²) in [5.41, 5.74) is 8.96.